The minimum Gasteiger partial charge on any atom is -0.452 e. The molecule has 0 aliphatic rings. The molecule has 6 nitrogen and oxygen atoms in total. The first kappa shape index (κ1) is 25.4. The topological polar surface area (TPSA) is 77.9 Å². The lowest BCUT2D eigenvalue weighted by molar-refractivity contribution is 0.0987. The summed E-state index contributed by atoms with van der Waals surface area (Å²) in [6.07, 6.45) is 1.42. The quantitative estimate of drug-likeness (QED) is 0.217. The van der Waals surface area contributed by atoms with Crippen molar-refractivity contribution in [2.45, 2.75) is 27.2 Å². The van der Waals surface area contributed by atoms with Crippen molar-refractivity contribution in [3.63, 3.8) is 0 Å². The smallest absolute Gasteiger partial charge is 0.188 e. The predicted molar refractivity (Wildman–Crippen MR) is 141 cm³/mol. The maximum atomic E-state index is 15.0. The van der Waals surface area contributed by atoms with Gasteiger partial charge in [0.2, 0.25) is 0 Å². The van der Waals surface area contributed by atoms with Crippen molar-refractivity contribution in [2.75, 3.05) is 0 Å². The Morgan fingerprint density at radius 1 is 0.921 bits per heavy atom. The van der Waals surface area contributed by atoms with Crippen LogP contribution in [0.25, 0.3) is 22.2 Å². The van der Waals surface area contributed by atoms with Crippen LogP contribution in [0, 0.1) is 32.4 Å². The number of carbonyl (C=O) groups is 1. The zero-order chi connectivity index (χ0) is 27.0. The Balaban J connectivity index is 1.39. The van der Waals surface area contributed by atoms with Gasteiger partial charge in [0, 0.05) is 29.9 Å². The fourth-order valence-corrected chi connectivity index (χ4v) is 4.46. The second kappa shape index (κ2) is 10.2. The molecule has 0 fully saturated rings. The number of pyridine rings is 2. The fourth-order valence-electron chi connectivity index (χ4n) is 4.07. The predicted octanol–water partition coefficient (Wildman–Crippen LogP) is 7.16. The molecule has 0 aliphatic heterocycles. The lowest BCUT2D eigenvalue weighted by Gasteiger charge is -2.12. The molecule has 0 amide bonds. The van der Waals surface area contributed by atoms with Gasteiger partial charge in [0.1, 0.15) is 17.0 Å². The number of hydrogen-bond donors (Lipinski definition) is 0. The number of ether oxygens (including phenoxy) is 1. The van der Waals surface area contributed by atoms with Gasteiger partial charge in [-0.15, -0.1) is 5.10 Å². The van der Waals surface area contributed by atoms with E-state index in [-0.39, 0.29) is 22.9 Å². The SMILES string of the molecule is Cc1cc2nccc(Oc3ccc(CC(=O)c4nnc(C)c(-c5ccc(F)cc5)c4Cl)cc3F)c2nc1C. The molecule has 38 heavy (non-hydrogen) atoms. The van der Waals surface area contributed by atoms with E-state index in [1.54, 1.807) is 37.4 Å². The van der Waals surface area contributed by atoms with Crippen molar-refractivity contribution >= 4 is 28.4 Å². The molecule has 0 radical (unpaired) electrons. The molecule has 3 aromatic heterocycles. The Kier molecular flexibility index (Phi) is 6.82. The van der Waals surface area contributed by atoms with Crippen molar-refractivity contribution in [3.05, 3.63) is 106 Å². The second-order valence-electron chi connectivity index (χ2n) is 8.86. The first-order valence-electron chi connectivity index (χ1n) is 11.7. The van der Waals surface area contributed by atoms with E-state index in [2.05, 4.69) is 20.2 Å². The van der Waals surface area contributed by atoms with Crippen LogP contribution in [0.4, 0.5) is 8.78 Å². The average molecular weight is 531 g/mol. The van der Waals surface area contributed by atoms with E-state index in [1.807, 2.05) is 19.9 Å². The van der Waals surface area contributed by atoms with Gasteiger partial charge in [-0.25, -0.2) is 13.8 Å². The number of carbonyl (C=O) groups excluding carboxylic acids is 1. The van der Waals surface area contributed by atoms with Gasteiger partial charge in [-0.2, -0.15) is 5.10 Å². The third-order valence-corrected chi connectivity index (χ3v) is 6.55. The van der Waals surface area contributed by atoms with Gasteiger partial charge in [0.15, 0.2) is 23.1 Å². The van der Waals surface area contributed by atoms with E-state index in [4.69, 9.17) is 16.3 Å². The molecule has 0 saturated heterocycles. The van der Waals surface area contributed by atoms with Crippen LogP contribution in [0.2, 0.25) is 5.02 Å². The number of benzene rings is 2. The number of aryl methyl sites for hydroxylation is 3. The highest BCUT2D eigenvalue weighted by Crippen LogP contribution is 2.33. The molecule has 0 aliphatic carbocycles. The molecule has 0 atom stereocenters. The van der Waals surface area contributed by atoms with Gasteiger partial charge < -0.3 is 4.74 Å². The Bertz CT molecular complexity index is 1710. The van der Waals surface area contributed by atoms with Gasteiger partial charge in [-0.1, -0.05) is 29.8 Å². The zero-order valence-electron chi connectivity index (χ0n) is 20.7. The standard InChI is InChI=1S/C29H21ClF2N4O2/c1-15-12-22-28(34-16(15)2)25(10-11-33-22)38-24-9-4-18(13-21(24)32)14-23(37)29-27(30)26(17(3)35-36-29)19-5-7-20(31)8-6-19/h4-13H,14H2,1-3H3. The number of fused-ring (bicyclic) bond motifs is 1. The van der Waals surface area contributed by atoms with Crippen LogP contribution < -0.4 is 4.74 Å². The number of Topliss-reactive ketones (excluding diaryl/α,β-unsaturated/α-hetero) is 1. The fraction of sp³-hybridized carbons (Fsp3) is 0.138. The summed E-state index contributed by atoms with van der Waals surface area (Å²) in [6, 6.07) is 13.5. The minimum atomic E-state index is -0.641. The zero-order valence-corrected chi connectivity index (χ0v) is 21.5. The van der Waals surface area contributed by atoms with Crippen molar-refractivity contribution in [1.82, 2.24) is 20.2 Å². The highest BCUT2D eigenvalue weighted by atomic mass is 35.5. The maximum absolute atomic E-state index is 15.0. The number of rotatable bonds is 6. The van der Waals surface area contributed by atoms with Crippen molar-refractivity contribution < 1.29 is 18.3 Å². The minimum absolute atomic E-state index is 0.0134. The van der Waals surface area contributed by atoms with Crippen molar-refractivity contribution in [2.24, 2.45) is 0 Å². The van der Waals surface area contributed by atoms with Crippen LogP contribution in [-0.4, -0.2) is 25.9 Å². The van der Waals surface area contributed by atoms with Crippen LogP contribution in [0.15, 0.2) is 60.8 Å². The molecule has 0 spiro atoms. The number of nitrogens with zero attached hydrogens (tertiary/aromatic N) is 4. The highest BCUT2D eigenvalue weighted by Gasteiger charge is 2.21. The third kappa shape index (κ3) is 4.95. The summed E-state index contributed by atoms with van der Waals surface area (Å²) < 4.78 is 34.2. The van der Waals surface area contributed by atoms with E-state index in [0.717, 1.165) is 11.3 Å². The summed E-state index contributed by atoms with van der Waals surface area (Å²) in [4.78, 5) is 21.9. The molecular formula is C29H21ClF2N4O2. The molecule has 5 aromatic rings. The maximum Gasteiger partial charge on any atom is 0.188 e. The average Bonchev–Trinajstić information content (AvgIpc) is 2.88. The summed E-state index contributed by atoms with van der Waals surface area (Å²) >= 11 is 6.54. The van der Waals surface area contributed by atoms with Gasteiger partial charge in [-0.3, -0.25) is 9.78 Å². The number of halogens is 3. The lowest BCUT2D eigenvalue weighted by Crippen LogP contribution is -2.10. The Labute approximate surface area is 222 Å². The summed E-state index contributed by atoms with van der Waals surface area (Å²) in [5, 5.41) is 8.15. The van der Waals surface area contributed by atoms with E-state index in [0.29, 0.717) is 39.2 Å². The molecule has 0 saturated carbocycles. The Morgan fingerprint density at radius 2 is 1.68 bits per heavy atom. The van der Waals surface area contributed by atoms with Crippen LogP contribution in [-0.2, 0) is 6.42 Å². The molecule has 3 heterocycles. The monoisotopic (exact) mass is 530 g/mol. The van der Waals surface area contributed by atoms with Gasteiger partial charge in [0.25, 0.3) is 0 Å². The molecule has 0 N–H and O–H groups in total. The lowest BCUT2D eigenvalue weighted by atomic mass is 10.0. The van der Waals surface area contributed by atoms with Crippen LogP contribution in [0.5, 0.6) is 11.5 Å². The van der Waals surface area contributed by atoms with Gasteiger partial charge >= 0.3 is 0 Å². The largest absolute Gasteiger partial charge is 0.452 e. The highest BCUT2D eigenvalue weighted by molar-refractivity contribution is 6.36. The van der Waals surface area contributed by atoms with Crippen molar-refractivity contribution in [3.8, 4) is 22.6 Å². The Hall–Kier alpha value is -4.30. The molecule has 9 heteroatoms. The summed E-state index contributed by atoms with van der Waals surface area (Å²) in [5.41, 5.74) is 4.94. The summed E-state index contributed by atoms with van der Waals surface area (Å²) in [7, 11) is 0. The molecule has 0 bridgehead atoms. The number of hydrogen-bond acceptors (Lipinski definition) is 6. The first-order valence-corrected chi connectivity index (χ1v) is 12.1. The molecular weight excluding hydrogens is 510 g/mol. The molecule has 2 aromatic carbocycles. The molecule has 5 rings (SSSR count). The van der Waals surface area contributed by atoms with Gasteiger partial charge in [-0.05, 0) is 67.8 Å². The Morgan fingerprint density at radius 3 is 2.42 bits per heavy atom. The van der Waals surface area contributed by atoms with Crippen LogP contribution in [0.1, 0.15) is 33.0 Å². The second-order valence-corrected chi connectivity index (χ2v) is 9.24. The first-order chi connectivity index (χ1) is 18.2. The normalized spacial score (nSPS) is 11.1. The molecule has 0 unspecified atom stereocenters. The van der Waals surface area contributed by atoms with Crippen LogP contribution in [0.3, 0.4) is 0 Å². The van der Waals surface area contributed by atoms with Crippen molar-refractivity contribution in [1.29, 1.82) is 0 Å². The molecule has 190 valence electrons. The number of aromatic nitrogens is 4. The summed E-state index contributed by atoms with van der Waals surface area (Å²) in [6.45, 7) is 5.52. The van der Waals surface area contributed by atoms with Crippen LogP contribution >= 0.6 is 11.6 Å². The number of ketones is 1. The van der Waals surface area contributed by atoms with E-state index >= 15 is 4.39 Å². The third-order valence-electron chi connectivity index (χ3n) is 6.19. The van der Waals surface area contributed by atoms with E-state index in [1.165, 1.54) is 24.3 Å². The van der Waals surface area contributed by atoms with Gasteiger partial charge in [0.05, 0.1) is 16.2 Å². The van der Waals surface area contributed by atoms with E-state index in [9.17, 15) is 9.18 Å². The van der Waals surface area contributed by atoms with E-state index < -0.39 is 17.4 Å². The summed E-state index contributed by atoms with van der Waals surface area (Å²) in [5.74, 6) is -1.11.